The van der Waals surface area contributed by atoms with Crippen molar-refractivity contribution in [3.05, 3.63) is 0 Å². The van der Waals surface area contributed by atoms with Crippen molar-refractivity contribution in [2.75, 3.05) is 0 Å². The van der Waals surface area contributed by atoms with Crippen LogP contribution in [0.1, 0.15) is 0 Å². The van der Waals surface area contributed by atoms with Gasteiger partial charge in [-0.05, 0) is 0 Å². The molecule has 2 radical (unpaired) electrons. The predicted molar refractivity (Wildman–Crippen MR) is 28.6 cm³/mol. The number of rotatable bonds is 0. The first-order valence-electron chi connectivity index (χ1n) is 0.816. The molecule has 0 unspecified atom stereocenters. The normalized spacial score (nSPS) is 6.00. The summed E-state index contributed by atoms with van der Waals surface area (Å²) in [5, 5.41) is 0. The van der Waals surface area contributed by atoms with Crippen LogP contribution in [0.15, 0.2) is 0 Å². The van der Waals surface area contributed by atoms with Crippen LogP contribution < -0.4 is 0 Å². The molecule has 4 heteroatoms. The lowest BCUT2D eigenvalue weighted by Crippen LogP contribution is -1.65. The van der Waals surface area contributed by atoms with Crippen LogP contribution in [0.25, 0.3) is 0 Å². The Morgan fingerprint density at radius 3 is 1.25 bits per heavy atom. The second-order valence-corrected chi connectivity index (χ2v) is 3.67. The molecule has 0 aromatic rings. The molecule has 4 heavy (non-hydrogen) atoms. The van der Waals surface area contributed by atoms with Gasteiger partial charge in [-0.1, -0.05) is 0 Å². The van der Waals surface area contributed by atoms with Crippen molar-refractivity contribution in [1.82, 2.24) is 0 Å². The van der Waals surface area contributed by atoms with Crippen LogP contribution in [0.3, 0.4) is 0 Å². The summed E-state index contributed by atoms with van der Waals surface area (Å²) in [6.07, 6.45) is 0. The Bertz CT molecular complexity index is 6.00. The van der Waals surface area contributed by atoms with Gasteiger partial charge in [-0.15, -0.1) is 0 Å². The summed E-state index contributed by atoms with van der Waals surface area (Å²) in [7, 11) is 1.86. The lowest BCUT2D eigenvalue weighted by atomic mass is 15.8. The SMILES string of the molecule is [S].[SiH3]O[SiH3]. The Morgan fingerprint density at radius 2 is 1.25 bits per heavy atom. The predicted octanol–water partition coefficient (Wildman–Crippen LogP) is -1.79. The Labute approximate surface area is 39.3 Å². The summed E-state index contributed by atoms with van der Waals surface area (Å²) in [4.78, 5) is 0. The maximum Gasteiger partial charge on any atom is 0.129 e. The minimum Gasteiger partial charge on any atom is -0.471 e. The van der Waals surface area contributed by atoms with Crippen molar-refractivity contribution in [2.24, 2.45) is 0 Å². The lowest BCUT2D eigenvalue weighted by molar-refractivity contribution is 0.690. The van der Waals surface area contributed by atoms with Crippen LogP contribution in [-0.2, 0) is 4.12 Å². The van der Waals surface area contributed by atoms with Gasteiger partial charge in [-0.3, -0.25) is 0 Å². The molecule has 0 aliphatic carbocycles. The molecule has 0 rings (SSSR count). The van der Waals surface area contributed by atoms with E-state index in [2.05, 4.69) is 4.12 Å². The molecule has 0 saturated heterocycles. The zero-order valence-corrected chi connectivity index (χ0v) is 7.63. The fourth-order valence-corrected chi connectivity index (χ4v) is 0. The minimum atomic E-state index is 0. The molecule has 0 aromatic carbocycles. The van der Waals surface area contributed by atoms with E-state index in [4.69, 9.17) is 0 Å². The van der Waals surface area contributed by atoms with Crippen molar-refractivity contribution in [1.29, 1.82) is 0 Å². The van der Waals surface area contributed by atoms with Crippen molar-refractivity contribution in [3.63, 3.8) is 0 Å². The van der Waals surface area contributed by atoms with Crippen LogP contribution in [0.2, 0.25) is 0 Å². The van der Waals surface area contributed by atoms with Gasteiger partial charge in [0, 0.05) is 13.5 Å². The summed E-state index contributed by atoms with van der Waals surface area (Å²) in [5.41, 5.74) is 0. The highest BCUT2D eigenvalue weighted by Gasteiger charge is 1.28. The number of hydrogen-bond acceptors (Lipinski definition) is 1. The highest BCUT2D eigenvalue weighted by atomic mass is 32.1. The monoisotopic (exact) mass is 110 g/mol. The van der Waals surface area contributed by atoms with E-state index >= 15 is 0 Å². The fraction of sp³-hybridized carbons (Fsp3) is 0. The molecule has 0 aliphatic rings. The Kier molecular flexibility index (Phi) is 20.5. The van der Waals surface area contributed by atoms with Gasteiger partial charge >= 0.3 is 0 Å². The number of hydrogen-bond donors (Lipinski definition) is 0. The second kappa shape index (κ2) is 9.27. The van der Waals surface area contributed by atoms with E-state index in [0.29, 0.717) is 0 Å². The second-order valence-electron chi connectivity index (χ2n) is 0.408. The summed E-state index contributed by atoms with van der Waals surface area (Å²) in [6, 6.07) is 0. The molecule has 26 valence electrons. The van der Waals surface area contributed by atoms with E-state index in [9.17, 15) is 0 Å². The summed E-state index contributed by atoms with van der Waals surface area (Å²) < 4.78 is 4.53. The first-order chi connectivity index (χ1) is 1.41. The van der Waals surface area contributed by atoms with Crippen molar-refractivity contribution >= 4 is 34.5 Å². The minimum absolute atomic E-state index is 0. The van der Waals surface area contributed by atoms with E-state index in [1.807, 2.05) is 0 Å². The maximum atomic E-state index is 4.53. The molecule has 0 N–H and O–H groups in total. The standard InChI is InChI=1S/H6OSi2.S/c2-1-3;/h2-3H3;. The van der Waals surface area contributed by atoms with Crippen LogP contribution >= 0.6 is 13.5 Å². The molecule has 0 aliphatic heterocycles. The average molecular weight is 110 g/mol. The van der Waals surface area contributed by atoms with E-state index in [0.717, 1.165) is 21.0 Å². The van der Waals surface area contributed by atoms with Crippen LogP contribution in [0.4, 0.5) is 0 Å². The third-order valence-electron chi connectivity index (χ3n) is 0. The molecule has 0 amide bonds. The summed E-state index contributed by atoms with van der Waals surface area (Å²) in [5.74, 6) is 0. The Hall–Kier alpha value is 0.744. The lowest BCUT2D eigenvalue weighted by Gasteiger charge is -1.62. The molecule has 0 spiro atoms. The quantitative estimate of drug-likeness (QED) is 0.335. The molecule has 0 saturated carbocycles. The smallest absolute Gasteiger partial charge is 0.129 e. The topological polar surface area (TPSA) is 9.23 Å². The highest BCUT2D eigenvalue weighted by molar-refractivity contribution is 7.59. The summed E-state index contributed by atoms with van der Waals surface area (Å²) in [6.45, 7) is 0. The van der Waals surface area contributed by atoms with Crippen LogP contribution in [0, 0.1) is 0 Å². The largest absolute Gasteiger partial charge is 0.471 e. The third kappa shape index (κ3) is 15.1. The zero-order chi connectivity index (χ0) is 2.71. The Morgan fingerprint density at radius 1 is 1.25 bits per heavy atom. The maximum absolute atomic E-state index is 4.53. The van der Waals surface area contributed by atoms with Crippen molar-refractivity contribution < 1.29 is 4.12 Å². The van der Waals surface area contributed by atoms with E-state index in [-0.39, 0.29) is 13.5 Å². The first kappa shape index (κ1) is 8.83. The van der Waals surface area contributed by atoms with Gasteiger partial charge in [0.05, 0.1) is 0 Å². The van der Waals surface area contributed by atoms with E-state index in [1.54, 1.807) is 0 Å². The van der Waals surface area contributed by atoms with Crippen LogP contribution in [0.5, 0.6) is 0 Å². The summed E-state index contributed by atoms with van der Waals surface area (Å²) >= 11 is 0. The molecule has 0 atom stereocenters. The highest BCUT2D eigenvalue weighted by Crippen LogP contribution is 1.20. The van der Waals surface area contributed by atoms with Gasteiger partial charge in [0.2, 0.25) is 0 Å². The van der Waals surface area contributed by atoms with E-state index < -0.39 is 0 Å². The molecular formula is H6OSSi2. The fourth-order valence-electron chi connectivity index (χ4n) is 0. The van der Waals surface area contributed by atoms with Crippen LogP contribution in [-0.4, -0.2) is 21.0 Å². The van der Waals surface area contributed by atoms with Gasteiger partial charge in [-0.2, -0.15) is 0 Å². The first-order valence-corrected chi connectivity index (χ1v) is 2.45. The van der Waals surface area contributed by atoms with Crippen molar-refractivity contribution in [2.45, 2.75) is 0 Å². The Balaban J connectivity index is 0. The molecular weight excluding hydrogens is 104 g/mol. The molecule has 1 nitrogen and oxygen atoms in total. The van der Waals surface area contributed by atoms with Crippen molar-refractivity contribution in [3.8, 4) is 0 Å². The molecule has 0 aromatic heterocycles. The van der Waals surface area contributed by atoms with Gasteiger partial charge in [0.25, 0.3) is 0 Å². The van der Waals surface area contributed by atoms with Gasteiger partial charge in [-0.25, -0.2) is 0 Å². The molecule has 0 heterocycles. The zero-order valence-electron chi connectivity index (χ0n) is 2.82. The van der Waals surface area contributed by atoms with Gasteiger partial charge in [0.15, 0.2) is 0 Å². The molecule has 0 bridgehead atoms. The molecule has 0 fully saturated rings. The van der Waals surface area contributed by atoms with E-state index in [1.165, 1.54) is 0 Å². The van der Waals surface area contributed by atoms with Gasteiger partial charge < -0.3 is 4.12 Å². The third-order valence-corrected chi connectivity index (χ3v) is 0. The average Bonchev–Trinajstić information content (AvgIpc) is 0.918. The van der Waals surface area contributed by atoms with Gasteiger partial charge in [0.1, 0.15) is 21.0 Å².